The van der Waals surface area contributed by atoms with Gasteiger partial charge in [-0.3, -0.25) is 0 Å². The van der Waals surface area contributed by atoms with E-state index in [-0.39, 0.29) is 23.1 Å². The molecule has 0 heterocycles. The van der Waals surface area contributed by atoms with Crippen molar-refractivity contribution in [1.82, 2.24) is 0 Å². The van der Waals surface area contributed by atoms with E-state index in [0.29, 0.717) is 0 Å². The average molecular weight is 201 g/mol. The lowest BCUT2D eigenvalue weighted by molar-refractivity contribution is 0.366. The Morgan fingerprint density at radius 1 is 1.62 bits per heavy atom. The molecule has 0 aromatic heterocycles. The molecule has 1 aromatic carbocycles. The number of benzene rings is 1. The molecule has 2 N–H and O–H groups in total. The maximum Gasteiger partial charge on any atom is 0.174 e. The number of rotatable bonds is 2. The maximum atomic E-state index is 13.0. The van der Waals surface area contributed by atoms with Gasteiger partial charge in [-0.15, -0.1) is 0 Å². The molecule has 5 heteroatoms. The minimum absolute atomic E-state index is 0.0469. The van der Waals surface area contributed by atoms with E-state index in [2.05, 4.69) is 0 Å². The number of nitrogens with zero attached hydrogens (tertiary/aromatic N) is 1. The van der Waals surface area contributed by atoms with E-state index < -0.39 is 5.82 Å². The molecular weight excluding hydrogens is 195 g/mol. The zero-order chi connectivity index (χ0) is 9.84. The zero-order valence-electron chi connectivity index (χ0n) is 6.55. The van der Waals surface area contributed by atoms with Gasteiger partial charge in [-0.2, -0.15) is 5.26 Å². The lowest BCUT2D eigenvalue weighted by Gasteiger charge is -2.05. The predicted molar refractivity (Wildman–Crippen MR) is 46.9 cm³/mol. The topological polar surface area (TPSA) is 59.0 Å². The van der Waals surface area contributed by atoms with Crippen LogP contribution in [0.4, 0.5) is 10.1 Å². The lowest BCUT2D eigenvalue weighted by Crippen LogP contribution is -1.97. The third-order valence-electron chi connectivity index (χ3n) is 1.37. The highest BCUT2D eigenvalue weighted by Gasteiger charge is 2.09. The third-order valence-corrected chi connectivity index (χ3v) is 1.72. The van der Waals surface area contributed by atoms with Crippen molar-refractivity contribution in [2.45, 2.75) is 0 Å². The van der Waals surface area contributed by atoms with Crippen LogP contribution < -0.4 is 10.5 Å². The minimum Gasteiger partial charge on any atom is -0.477 e. The number of nitrogen functional groups attached to an aromatic ring is 1. The molecule has 0 amide bonds. The smallest absolute Gasteiger partial charge is 0.174 e. The van der Waals surface area contributed by atoms with Crippen LogP contribution in [-0.2, 0) is 0 Å². The fourth-order valence-corrected chi connectivity index (χ4v) is 0.995. The van der Waals surface area contributed by atoms with Gasteiger partial charge < -0.3 is 10.5 Å². The monoisotopic (exact) mass is 200 g/mol. The van der Waals surface area contributed by atoms with Crippen LogP contribution in [-0.4, -0.2) is 6.61 Å². The van der Waals surface area contributed by atoms with Crippen molar-refractivity contribution >= 4 is 17.3 Å². The number of halogens is 2. The highest BCUT2D eigenvalue weighted by Crippen LogP contribution is 2.30. The quantitative estimate of drug-likeness (QED) is 0.743. The van der Waals surface area contributed by atoms with E-state index >= 15 is 0 Å². The predicted octanol–water partition coefficient (Wildman–Crippen LogP) is 1.96. The van der Waals surface area contributed by atoms with E-state index in [0.717, 1.165) is 0 Å². The lowest BCUT2D eigenvalue weighted by atomic mass is 10.3. The van der Waals surface area contributed by atoms with Crippen LogP contribution in [0.3, 0.4) is 0 Å². The molecule has 0 aliphatic rings. The molecule has 0 bridgehead atoms. The molecule has 68 valence electrons. The summed E-state index contributed by atoms with van der Waals surface area (Å²) in [5, 5.41) is 8.01. The van der Waals surface area contributed by atoms with Crippen molar-refractivity contribution < 1.29 is 9.13 Å². The van der Waals surface area contributed by atoms with Gasteiger partial charge in [0.1, 0.15) is 16.8 Å². The second-order valence-electron chi connectivity index (χ2n) is 2.23. The number of hydrogen-bond donors (Lipinski definition) is 1. The van der Waals surface area contributed by atoms with Crippen LogP contribution in [0.25, 0.3) is 0 Å². The van der Waals surface area contributed by atoms with Crippen molar-refractivity contribution in [3.8, 4) is 11.8 Å². The molecule has 0 aliphatic heterocycles. The standard InChI is InChI=1S/C8H6ClFN2O/c9-7-6(13-4-3-11)2-1-5(12)8(7)10/h1-2H,4,12H2. The van der Waals surface area contributed by atoms with Gasteiger partial charge in [0.05, 0.1) is 5.69 Å². The zero-order valence-corrected chi connectivity index (χ0v) is 7.31. The molecule has 0 radical (unpaired) electrons. The number of nitrogens with two attached hydrogens (primary N) is 1. The van der Waals surface area contributed by atoms with Gasteiger partial charge in [0.15, 0.2) is 12.4 Å². The summed E-state index contributed by atoms with van der Waals surface area (Å²) < 4.78 is 17.8. The highest BCUT2D eigenvalue weighted by molar-refractivity contribution is 6.32. The molecule has 0 fully saturated rings. The van der Waals surface area contributed by atoms with Crippen molar-refractivity contribution in [1.29, 1.82) is 5.26 Å². The first-order valence-electron chi connectivity index (χ1n) is 3.40. The number of anilines is 1. The SMILES string of the molecule is N#CCOc1ccc(N)c(F)c1Cl. The molecule has 1 rings (SSSR count). The van der Waals surface area contributed by atoms with Crippen LogP contribution in [0, 0.1) is 17.1 Å². The second kappa shape index (κ2) is 3.97. The Labute approximate surface area is 79.5 Å². The van der Waals surface area contributed by atoms with E-state index in [4.69, 9.17) is 27.3 Å². The average Bonchev–Trinajstić information content (AvgIpc) is 2.13. The summed E-state index contributed by atoms with van der Waals surface area (Å²) in [5.41, 5.74) is 5.19. The molecule has 0 spiro atoms. The summed E-state index contributed by atoms with van der Waals surface area (Å²) >= 11 is 5.54. The number of hydrogen-bond acceptors (Lipinski definition) is 3. The summed E-state index contributed by atoms with van der Waals surface area (Å²) in [7, 11) is 0. The highest BCUT2D eigenvalue weighted by atomic mass is 35.5. The minimum atomic E-state index is -0.725. The maximum absolute atomic E-state index is 13.0. The fourth-order valence-electron chi connectivity index (χ4n) is 0.768. The first kappa shape index (κ1) is 9.62. The van der Waals surface area contributed by atoms with Crippen molar-refractivity contribution in [2.24, 2.45) is 0 Å². The molecule has 0 atom stereocenters. The Balaban J connectivity index is 2.98. The molecule has 3 nitrogen and oxygen atoms in total. The normalized spacial score (nSPS) is 9.31. The van der Waals surface area contributed by atoms with Crippen LogP contribution in [0.15, 0.2) is 12.1 Å². The van der Waals surface area contributed by atoms with Crippen molar-refractivity contribution in [2.75, 3.05) is 12.3 Å². The van der Waals surface area contributed by atoms with Crippen LogP contribution in [0.2, 0.25) is 5.02 Å². The van der Waals surface area contributed by atoms with Gasteiger partial charge in [-0.25, -0.2) is 4.39 Å². The molecular formula is C8H6ClFN2O. The summed E-state index contributed by atoms with van der Waals surface area (Å²) in [6, 6.07) is 4.48. The van der Waals surface area contributed by atoms with Gasteiger partial charge >= 0.3 is 0 Å². The largest absolute Gasteiger partial charge is 0.477 e. The molecule has 0 saturated carbocycles. The number of nitriles is 1. The fraction of sp³-hybridized carbons (Fsp3) is 0.125. The van der Waals surface area contributed by atoms with E-state index in [1.54, 1.807) is 6.07 Å². The van der Waals surface area contributed by atoms with Gasteiger partial charge in [-0.1, -0.05) is 11.6 Å². The van der Waals surface area contributed by atoms with Gasteiger partial charge in [-0.05, 0) is 12.1 Å². The Morgan fingerprint density at radius 2 is 2.31 bits per heavy atom. The van der Waals surface area contributed by atoms with Crippen LogP contribution >= 0.6 is 11.6 Å². The Bertz CT molecular complexity index is 362. The van der Waals surface area contributed by atoms with E-state index in [9.17, 15) is 4.39 Å². The molecule has 0 unspecified atom stereocenters. The van der Waals surface area contributed by atoms with E-state index in [1.807, 2.05) is 0 Å². The van der Waals surface area contributed by atoms with Gasteiger partial charge in [0.2, 0.25) is 0 Å². The van der Waals surface area contributed by atoms with Gasteiger partial charge in [0.25, 0.3) is 0 Å². The van der Waals surface area contributed by atoms with Crippen LogP contribution in [0.5, 0.6) is 5.75 Å². The molecule has 0 aliphatic carbocycles. The van der Waals surface area contributed by atoms with Crippen LogP contribution in [0.1, 0.15) is 0 Å². The Hall–Kier alpha value is -1.47. The Kier molecular flexibility index (Phi) is 2.93. The summed E-state index contributed by atoms with van der Waals surface area (Å²) in [6.45, 7) is -0.178. The van der Waals surface area contributed by atoms with Crippen molar-refractivity contribution in [3.05, 3.63) is 23.0 Å². The molecule has 13 heavy (non-hydrogen) atoms. The van der Waals surface area contributed by atoms with Crippen molar-refractivity contribution in [3.63, 3.8) is 0 Å². The first-order valence-corrected chi connectivity index (χ1v) is 3.78. The summed E-state index contributed by atoms with van der Waals surface area (Å²) in [5.74, 6) is -0.605. The Morgan fingerprint density at radius 3 is 2.92 bits per heavy atom. The molecule has 0 saturated heterocycles. The first-order chi connectivity index (χ1) is 6.16. The number of ether oxygens (including phenoxy) is 1. The summed E-state index contributed by atoms with van der Waals surface area (Å²) in [6.07, 6.45) is 0. The molecule has 1 aromatic rings. The van der Waals surface area contributed by atoms with E-state index in [1.165, 1.54) is 12.1 Å². The van der Waals surface area contributed by atoms with Gasteiger partial charge in [0, 0.05) is 0 Å². The third kappa shape index (κ3) is 2.01. The second-order valence-corrected chi connectivity index (χ2v) is 2.61. The summed E-state index contributed by atoms with van der Waals surface area (Å²) in [4.78, 5) is 0.